The highest BCUT2D eigenvalue weighted by Gasteiger charge is 2.18. The Labute approximate surface area is 115 Å². The molecule has 2 amide bonds. The molecule has 0 heterocycles. The van der Waals surface area contributed by atoms with Gasteiger partial charge in [-0.2, -0.15) is 0 Å². The molecule has 0 radical (unpaired) electrons. The molecule has 0 aromatic carbocycles. The maximum atomic E-state index is 11.9. The van der Waals surface area contributed by atoms with Crippen LogP contribution in [0.15, 0.2) is 12.2 Å². The first-order valence-corrected chi connectivity index (χ1v) is 6.79. The molecule has 0 spiro atoms. The summed E-state index contributed by atoms with van der Waals surface area (Å²) in [6.07, 6.45) is 7.60. The molecule has 1 aliphatic carbocycles. The second-order valence-electron chi connectivity index (χ2n) is 4.92. The van der Waals surface area contributed by atoms with Crippen molar-refractivity contribution in [2.75, 3.05) is 33.9 Å². The van der Waals surface area contributed by atoms with Crippen LogP contribution >= 0.6 is 0 Å². The first-order chi connectivity index (χ1) is 9.13. The average Bonchev–Trinajstić information content (AvgIpc) is 2.87. The Bertz CT molecular complexity index is 329. The van der Waals surface area contributed by atoms with Gasteiger partial charge in [-0.1, -0.05) is 12.2 Å². The maximum Gasteiger partial charge on any atom is 0.239 e. The van der Waals surface area contributed by atoms with E-state index in [1.54, 1.807) is 14.2 Å². The SMILES string of the molecule is COCCCNC(=O)CN(C)C(=O)CC1C=CCC1. The number of carbonyl (C=O) groups is 2. The number of methoxy groups -OCH3 is 1. The number of allylic oxidation sites excluding steroid dienone is 2. The number of hydrogen-bond acceptors (Lipinski definition) is 3. The fourth-order valence-electron chi connectivity index (χ4n) is 2.05. The largest absolute Gasteiger partial charge is 0.385 e. The van der Waals surface area contributed by atoms with Crippen molar-refractivity contribution in [2.45, 2.75) is 25.7 Å². The molecule has 1 unspecified atom stereocenters. The standard InChI is InChI=1S/C14H24N2O3/c1-16(11-13(17)15-8-5-9-19-2)14(18)10-12-6-3-4-7-12/h3,6,12H,4-5,7-11H2,1-2H3,(H,15,17). The summed E-state index contributed by atoms with van der Waals surface area (Å²) in [6, 6.07) is 0. The normalized spacial score (nSPS) is 17.5. The summed E-state index contributed by atoms with van der Waals surface area (Å²) in [5, 5.41) is 2.77. The lowest BCUT2D eigenvalue weighted by atomic mass is 10.0. The van der Waals surface area contributed by atoms with Crippen molar-refractivity contribution in [1.82, 2.24) is 10.2 Å². The van der Waals surface area contributed by atoms with Crippen molar-refractivity contribution in [1.29, 1.82) is 0 Å². The third-order valence-electron chi connectivity index (χ3n) is 3.20. The van der Waals surface area contributed by atoms with E-state index in [4.69, 9.17) is 4.74 Å². The van der Waals surface area contributed by atoms with Gasteiger partial charge < -0.3 is 15.0 Å². The number of ether oxygens (including phenoxy) is 1. The number of hydrogen-bond donors (Lipinski definition) is 1. The molecule has 0 saturated heterocycles. The highest BCUT2D eigenvalue weighted by atomic mass is 16.5. The zero-order chi connectivity index (χ0) is 14.1. The Morgan fingerprint density at radius 1 is 1.47 bits per heavy atom. The van der Waals surface area contributed by atoms with Crippen LogP contribution in [-0.4, -0.2) is 50.6 Å². The van der Waals surface area contributed by atoms with Crippen LogP contribution in [0, 0.1) is 5.92 Å². The summed E-state index contributed by atoms with van der Waals surface area (Å²) in [7, 11) is 3.31. The molecule has 0 fully saturated rings. The zero-order valence-corrected chi connectivity index (χ0v) is 11.9. The third-order valence-corrected chi connectivity index (χ3v) is 3.20. The van der Waals surface area contributed by atoms with Crippen LogP contribution in [0.2, 0.25) is 0 Å². The van der Waals surface area contributed by atoms with E-state index in [9.17, 15) is 9.59 Å². The van der Waals surface area contributed by atoms with E-state index in [-0.39, 0.29) is 18.4 Å². The van der Waals surface area contributed by atoms with Gasteiger partial charge in [-0.05, 0) is 25.2 Å². The van der Waals surface area contributed by atoms with E-state index < -0.39 is 0 Å². The fourth-order valence-corrected chi connectivity index (χ4v) is 2.05. The predicted octanol–water partition coefficient (Wildman–Crippen LogP) is 0.954. The van der Waals surface area contributed by atoms with Gasteiger partial charge in [0.2, 0.25) is 11.8 Å². The molecule has 108 valence electrons. The summed E-state index contributed by atoms with van der Waals surface area (Å²) in [4.78, 5) is 25.0. The average molecular weight is 268 g/mol. The summed E-state index contributed by atoms with van der Waals surface area (Å²) in [6.45, 7) is 1.34. The van der Waals surface area contributed by atoms with Gasteiger partial charge in [0, 0.05) is 33.7 Å². The Kier molecular flexibility index (Phi) is 7.18. The van der Waals surface area contributed by atoms with E-state index in [1.165, 1.54) is 4.90 Å². The van der Waals surface area contributed by atoms with Crippen molar-refractivity contribution in [3.63, 3.8) is 0 Å². The molecule has 1 rings (SSSR count). The Morgan fingerprint density at radius 2 is 2.26 bits per heavy atom. The molecule has 1 atom stereocenters. The van der Waals surface area contributed by atoms with Crippen molar-refractivity contribution in [2.24, 2.45) is 5.92 Å². The third kappa shape index (κ3) is 6.38. The Balaban J connectivity index is 2.17. The van der Waals surface area contributed by atoms with Gasteiger partial charge in [-0.15, -0.1) is 0 Å². The summed E-state index contributed by atoms with van der Waals surface area (Å²) in [5.74, 6) is 0.261. The second kappa shape index (κ2) is 8.69. The maximum absolute atomic E-state index is 11.9. The molecule has 0 saturated carbocycles. The van der Waals surface area contributed by atoms with E-state index >= 15 is 0 Å². The van der Waals surface area contributed by atoms with E-state index in [2.05, 4.69) is 17.5 Å². The van der Waals surface area contributed by atoms with E-state index in [0.717, 1.165) is 19.3 Å². The number of nitrogens with zero attached hydrogens (tertiary/aromatic N) is 1. The van der Waals surface area contributed by atoms with E-state index in [0.29, 0.717) is 25.5 Å². The molecule has 1 aliphatic rings. The summed E-state index contributed by atoms with van der Waals surface area (Å²) >= 11 is 0. The van der Waals surface area contributed by atoms with Crippen LogP contribution in [0.5, 0.6) is 0 Å². The minimum absolute atomic E-state index is 0.0311. The minimum atomic E-state index is -0.117. The number of rotatable bonds is 8. The van der Waals surface area contributed by atoms with Crippen LogP contribution in [0.25, 0.3) is 0 Å². The molecule has 0 aromatic rings. The lowest BCUT2D eigenvalue weighted by molar-refractivity contribution is -0.135. The molecule has 5 nitrogen and oxygen atoms in total. The van der Waals surface area contributed by atoms with Crippen molar-refractivity contribution in [3.8, 4) is 0 Å². The molecular formula is C14H24N2O3. The van der Waals surface area contributed by atoms with Crippen LogP contribution in [0.1, 0.15) is 25.7 Å². The van der Waals surface area contributed by atoms with Gasteiger partial charge in [-0.25, -0.2) is 0 Å². The van der Waals surface area contributed by atoms with Crippen LogP contribution in [-0.2, 0) is 14.3 Å². The van der Waals surface area contributed by atoms with E-state index in [1.807, 2.05) is 0 Å². The molecular weight excluding hydrogens is 244 g/mol. The smallest absolute Gasteiger partial charge is 0.239 e. The Morgan fingerprint density at radius 3 is 2.89 bits per heavy atom. The van der Waals surface area contributed by atoms with Gasteiger partial charge in [-0.3, -0.25) is 9.59 Å². The van der Waals surface area contributed by atoms with Crippen LogP contribution < -0.4 is 5.32 Å². The minimum Gasteiger partial charge on any atom is -0.385 e. The molecule has 1 N–H and O–H groups in total. The number of likely N-dealkylation sites (N-methyl/N-ethyl adjacent to an activating group) is 1. The van der Waals surface area contributed by atoms with Crippen molar-refractivity contribution < 1.29 is 14.3 Å². The van der Waals surface area contributed by atoms with Crippen LogP contribution in [0.4, 0.5) is 0 Å². The number of nitrogens with one attached hydrogen (secondary N) is 1. The lowest BCUT2D eigenvalue weighted by Gasteiger charge is -2.18. The quantitative estimate of drug-likeness (QED) is 0.527. The van der Waals surface area contributed by atoms with Crippen LogP contribution in [0.3, 0.4) is 0 Å². The first-order valence-electron chi connectivity index (χ1n) is 6.79. The Hall–Kier alpha value is -1.36. The van der Waals surface area contributed by atoms with Gasteiger partial charge in [0.05, 0.1) is 6.54 Å². The number of carbonyl (C=O) groups excluding carboxylic acids is 2. The topological polar surface area (TPSA) is 58.6 Å². The molecule has 0 aromatic heterocycles. The van der Waals surface area contributed by atoms with Gasteiger partial charge in [0.1, 0.15) is 0 Å². The lowest BCUT2D eigenvalue weighted by Crippen LogP contribution is -2.39. The van der Waals surface area contributed by atoms with Crippen molar-refractivity contribution >= 4 is 11.8 Å². The predicted molar refractivity (Wildman–Crippen MR) is 73.6 cm³/mol. The number of amides is 2. The van der Waals surface area contributed by atoms with Gasteiger partial charge in [0.15, 0.2) is 0 Å². The highest BCUT2D eigenvalue weighted by Crippen LogP contribution is 2.20. The summed E-state index contributed by atoms with van der Waals surface area (Å²) < 4.78 is 4.90. The monoisotopic (exact) mass is 268 g/mol. The summed E-state index contributed by atoms with van der Waals surface area (Å²) in [5.41, 5.74) is 0. The highest BCUT2D eigenvalue weighted by molar-refractivity contribution is 5.84. The second-order valence-corrected chi connectivity index (χ2v) is 4.92. The van der Waals surface area contributed by atoms with Crippen molar-refractivity contribution in [3.05, 3.63) is 12.2 Å². The fraction of sp³-hybridized carbons (Fsp3) is 0.714. The molecule has 0 bridgehead atoms. The zero-order valence-electron chi connectivity index (χ0n) is 11.9. The molecule has 0 aliphatic heterocycles. The first kappa shape index (κ1) is 15.7. The van der Waals surface area contributed by atoms with Gasteiger partial charge in [0.25, 0.3) is 0 Å². The molecule has 5 heteroatoms. The molecule has 19 heavy (non-hydrogen) atoms. The van der Waals surface area contributed by atoms with Gasteiger partial charge >= 0.3 is 0 Å².